The fraction of sp³-hybridized carbons (Fsp3) is 0.250. The number of halogens is 1. The highest BCUT2D eigenvalue weighted by Gasteiger charge is 2.04. The van der Waals surface area contributed by atoms with Gasteiger partial charge in [-0.2, -0.15) is 0 Å². The van der Waals surface area contributed by atoms with Gasteiger partial charge in [0.05, 0.1) is 5.69 Å². The van der Waals surface area contributed by atoms with Gasteiger partial charge >= 0.3 is 0 Å². The maximum Gasteiger partial charge on any atom is 0.191 e. The Morgan fingerprint density at radius 1 is 1.33 bits per heavy atom. The van der Waals surface area contributed by atoms with Crippen LogP contribution in [0.3, 0.4) is 0 Å². The van der Waals surface area contributed by atoms with E-state index in [-0.39, 0.29) is 0 Å². The average molecular weight is 281 g/mol. The predicted molar refractivity (Wildman–Crippen MR) is 74.6 cm³/mol. The third kappa shape index (κ3) is 3.58. The molecule has 0 unspecified atom stereocenters. The number of nitrogen functional groups attached to an aromatic ring is 1. The van der Waals surface area contributed by atoms with E-state index in [1.54, 1.807) is 0 Å². The second-order valence-corrected chi connectivity index (χ2v) is 5.03. The SMILES string of the molecule is CCc1ccnc(CSc2nc(N)cc(Cl)n2)c1. The van der Waals surface area contributed by atoms with Crippen LogP contribution in [0.5, 0.6) is 0 Å². The van der Waals surface area contributed by atoms with Gasteiger partial charge in [-0.05, 0) is 24.1 Å². The highest BCUT2D eigenvalue weighted by atomic mass is 35.5. The zero-order valence-electron chi connectivity index (χ0n) is 9.93. The standard InChI is InChI=1S/C12H13ClN4S/c1-2-8-3-4-15-9(5-8)7-18-12-16-10(13)6-11(14)17-12/h3-6H,2,7H2,1H3,(H2,14,16,17). The fourth-order valence-corrected chi connectivity index (χ4v) is 2.45. The largest absolute Gasteiger partial charge is 0.384 e. The van der Waals surface area contributed by atoms with Crippen molar-refractivity contribution in [2.75, 3.05) is 5.73 Å². The average Bonchev–Trinajstić information content (AvgIpc) is 2.35. The number of anilines is 1. The first-order valence-corrected chi connectivity index (χ1v) is 6.90. The molecule has 0 aliphatic heterocycles. The number of nitrogens with zero attached hydrogens (tertiary/aromatic N) is 3. The first-order chi connectivity index (χ1) is 8.67. The van der Waals surface area contributed by atoms with Crippen molar-refractivity contribution in [1.82, 2.24) is 15.0 Å². The third-order valence-corrected chi connectivity index (χ3v) is 3.41. The molecule has 2 rings (SSSR count). The van der Waals surface area contributed by atoms with E-state index in [4.69, 9.17) is 17.3 Å². The highest BCUT2D eigenvalue weighted by Crippen LogP contribution is 2.21. The Hall–Kier alpha value is -1.33. The molecule has 0 fully saturated rings. The number of rotatable bonds is 4. The number of thioether (sulfide) groups is 1. The minimum Gasteiger partial charge on any atom is -0.384 e. The van der Waals surface area contributed by atoms with Crippen LogP contribution in [0, 0.1) is 0 Å². The summed E-state index contributed by atoms with van der Waals surface area (Å²) in [4.78, 5) is 12.5. The molecular weight excluding hydrogens is 268 g/mol. The number of aromatic nitrogens is 3. The first kappa shape index (κ1) is 13.1. The number of hydrogen-bond donors (Lipinski definition) is 1. The van der Waals surface area contributed by atoms with Gasteiger partial charge in [-0.1, -0.05) is 30.3 Å². The van der Waals surface area contributed by atoms with Gasteiger partial charge in [0.2, 0.25) is 0 Å². The third-order valence-electron chi connectivity index (χ3n) is 2.33. The van der Waals surface area contributed by atoms with Crippen LogP contribution in [0.1, 0.15) is 18.2 Å². The summed E-state index contributed by atoms with van der Waals surface area (Å²) < 4.78 is 0. The lowest BCUT2D eigenvalue weighted by Gasteiger charge is -2.03. The summed E-state index contributed by atoms with van der Waals surface area (Å²) in [6.07, 6.45) is 2.82. The Bertz CT molecular complexity index is 527. The molecule has 94 valence electrons. The molecule has 6 heteroatoms. The van der Waals surface area contributed by atoms with Crippen LogP contribution in [0.2, 0.25) is 5.15 Å². The molecule has 4 nitrogen and oxygen atoms in total. The zero-order valence-corrected chi connectivity index (χ0v) is 11.5. The topological polar surface area (TPSA) is 64.7 Å². The fourth-order valence-electron chi connectivity index (χ4n) is 1.44. The monoisotopic (exact) mass is 280 g/mol. The molecule has 0 aromatic carbocycles. The lowest BCUT2D eigenvalue weighted by atomic mass is 10.2. The maximum absolute atomic E-state index is 5.82. The first-order valence-electron chi connectivity index (χ1n) is 5.54. The molecule has 2 aromatic rings. The van der Waals surface area contributed by atoms with E-state index in [0.29, 0.717) is 21.9 Å². The van der Waals surface area contributed by atoms with Gasteiger partial charge in [-0.3, -0.25) is 4.98 Å². The number of aryl methyl sites for hydroxylation is 1. The Morgan fingerprint density at radius 2 is 2.17 bits per heavy atom. The Labute approximate surface area is 115 Å². The Morgan fingerprint density at radius 3 is 2.89 bits per heavy atom. The molecule has 2 aromatic heterocycles. The minimum absolute atomic E-state index is 0.361. The molecular formula is C12H13ClN4S. The van der Waals surface area contributed by atoms with Crippen LogP contribution < -0.4 is 5.73 Å². The van der Waals surface area contributed by atoms with Crippen molar-refractivity contribution in [2.24, 2.45) is 0 Å². The smallest absolute Gasteiger partial charge is 0.191 e. The molecule has 0 saturated carbocycles. The minimum atomic E-state index is 0.361. The molecule has 0 atom stereocenters. The van der Waals surface area contributed by atoms with Gasteiger partial charge in [-0.15, -0.1) is 0 Å². The van der Waals surface area contributed by atoms with Crippen molar-refractivity contribution >= 4 is 29.2 Å². The summed E-state index contributed by atoms with van der Waals surface area (Å²) in [7, 11) is 0. The van der Waals surface area contributed by atoms with Crippen molar-refractivity contribution in [2.45, 2.75) is 24.3 Å². The summed E-state index contributed by atoms with van der Waals surface area (Å²) in [6, 6.07) is 5.63. The van der Waals surface area contributed by atoms with Gasteiger partial charge in [0.15, 0.2) is 5.16 Å². The normalized spacial score (nSPS) is 10.6. The summed E-state index contributed by atoms with van der Waals surface area (Å²) in [6.45, 7) is 2.12. The van der Waals surface area contributed by atoms with Crippen molar-refractivity contribution in [3.63, 3.8) is 0 Å². The van der Waals surface area contributed by atoms with Gasteiger partial charge in [0, 0.05) is 18.0 Å². The van der Waals surface area contributed by atoms with Crippen LogP contribution in [-0.2, 0) is 12.2 Å². The molecule has 0 amide bonds. The summed E-state index contributed by atoms with van der Waals surface area (Å²) in [5.74, 6) is 1.08. The Kier molecular flexibility index (Phi) is 4.38. The molecule has 0 spiro atoms. The van der Waals surface area contributed by atoms with E-state index < -0.39 is 0 Å². The van der Waals surface area contributed by atoms with Crippen molar-refractivity contribution in [3.8, 4) is 0 Å². The van der Waals surface area contributed by atoms with Gasteiger partial charge < -0.3 is 5.73 Å². The van der Waals surface area contributed by atoms with E-state index in [1.807, 2.05) is 12.3 Å². The van der Waals surface area contributed by atoms with E-state index in [2.05, 4.69) is 27.9 Å². The molecule has 0 aliphatic carbocycles. The van der Waals surface area contributed by atoms with Crippen molar-refractivity contribution in [3.05, 3.63) is 40.8 Å². The predicted octanol–water partition coefficient (Wildman–Crippen LogP) is 2.96. The molecule has 0 bridgehead atoms. The Balaban J connectivity index is 2.06. The van der Waals surface area contributed by atoms with E-state index in [1.165, 1.54) is 23.4 Å². The van der Waals surface area contributed by atoms with Crippen LogP contribution in [0.15, 0.2) is 29.6 Å². The van der Waals surface area contributed by atoms with E-state index in [0.717, 1.165) is 12.1 Å². The van der Waals surface area contributed by atoms with E-state index in [9.17, 15) is 0 Å². The molecule has 2 heterocycles. The van der Waals surface area contributed by atoms with Crippen LogP contribution in [0.25, 0.3) is 0 Å². The van der Waals surface area contributed by atoms with Gasteiger partial charge in [0.25, 0.3) is 0 Å². The molecule has 0 saturated heterocycles. The summed E-state index contributed by atoms with van der Waals surface area (Å²) in [5.41, 5.74) is 7.88. The van der Waals surface area contributed by atoms with Crippen molar-refractivity contribution in [1.29, 1.82) is 0 Å². The number of pyridine rings is 1. The van der Waals surface area contributed by atoms with Gasteiger partial charge in [0.1, 0.15) is 11.0 Å². The maximum atomic E-state index is 5.82. The second kappa shape index (κ2) is 6.02. The molecule has 0 aliphatic rings. The molecule has 0 radical (unpaired) electrons. The zero-order chi connectivity index (χ0) is 13.0. The quantitative estimate of drug-likeness (QED) is 0.530. The lowest BCUT2D eigenvalue weighted by Crippen LogP contribution is -1.96. The molecule has 2 N–H and O–H groups in total. The summed E-state index contributed by atoms with van der Waals surface area (Å²) >= 11 is 7.29. The van der Waals surface area contributed by atoms with Crippen molar-refractivity contribution < 1.29 is 0 Å². The highest BCUT2D eigenvalue weighted by molar-refractivity contribution is 7.98. The van der Waals surface area contributed by atoms with Crippen LogP contribution >= 0.6 is 23.4 Å². The number of nitrogens with two attached hydrogens (primary N) is 1. The molecule has 18 heavy (non-hydrogen) atoms. The van der Waals surface area contributed by atoms with Crippen LogP contribution in [0.4, 0.5) is 5.82 Å². The van der Waals surface area contributed by atoms with Crippen LogP contribution in [-0.4, -0.2) is 15.0 Å². The lowest BCUT2D eigenvalue weighted by molar-refractivity contribution is 0.973. The number of hydrogen-bond acceptors (Lipinski definition) is 5. The van der Waals surface area contributed by atoms with E-state index >= 15 is 0 Å². The second-order valence-electron chi connectivity index (χ2n) is 3.70. The summed E-state index contributed by atoms with van der Waals surface area (Å²) in [5, 5.41) is 0.934. The van der Waals surface area contributed by atoms with Gasteiger partial charge in [-0.25, -0.2) is 9.97 Å².